The van der Waals surface area contributed by atoms with Crippen LogP contribution in [0, 0.1) is 6.92 Å². The summed E-state index contributed by atoms with van der Waals surface area (Å²) in [6.45, 7) is 13.3. The quantitative estimate of drug-likeness (QED) is 0.718. The first kappa shape index (κ1) is 14.9. The maximum absolute atomic E-state index is 11.3. The maximum Gasteiger partial charge on any atom is 0.128 e. The lowest BCUT2D eigenvalue weighted by Crippen LogP contribution is -2.40. The smallest absolute Gasteiger partial charge is 0.128 e. The van der Waals surface area contributed by atoms with Crippen molar-refractivity contribution in [2.45, 2.75) is 45.7 Å². The zero-order valence-electron chi connectivity index (χ0n) is 11.9. The molecule has 0 N–H and O–H groups in total. The molecule has 0 aromatic heterocycles. The number of nitrogens with zero attached hydrogens (tertiary/aromatic N) is 1. The average Bonchev–Trinajstić information content (AvgIpc) is 2.31. The van der Waals surface area contributed by atoms with Crippen molar-refractivity contribution in [2.24, 2.45) is 0 Å². The Labute approximate surface area is 111 Å². The van der Waals surface area contributed by atoms with Crippen LogP contribution in [0.4, 0.5) is 0 Å². The highest BCUT2D eigenvalue weighted by atomic mass is 16.1. The van der Waals surface area contributed by atoms with Gasteiger partial charge in [0.15, 0.2) is 0 Å². The molecular weight excluding hydrogens is 222 g/mol. The van der Waals surface area contributed by atoms with E-state index in [-0.39, 0.29) is 5.92 Å². The molecule has 0 spiro atoms. The van der Waals surface area contributed by atoms with Gasteiger partial charge in [0.05, 0.1) is 5.92 Å². The van der Waals surface area contributed by atoms with Crippen LogP contribution in [0.2, 0.25) is 0 Å². The molecule has 1 radical (unpaired) electrons. The largest absolute Gasteiger partial charge is 0.303 e. The number of hydrogen-bond donors (Lipinski definition) is 0. The molecule has 1 rings (SSSR count). The highest BCUT2D eigenvalue weighted by Crippen LogP contribution is 2.18. The molecule has 0 aliphatic carbocycles. The summed E-state index contributed by atoms with van der Waals surface area (Å²) >= 11 is 0. The molecule has 2 nitrogen and oxygen atoms in total. The van der Waals surface area contributed by atoms with Gasteiger partial charge in [0.25, 0.3) is 0 Å². The molecule has 18 heavy (non-hydrogen) atoms. The highest BCUT2D eigenvalue weighted by molar-refractivity contribution is 5.62. The third-order valence-corrected chi connectivity index (χ3v) is 3.31. The zero-order chi connectivity index (χ0) is 13.7. The Hall–Kier alpha value is -1.15. The number of carbonyl (C=O) groups is 1. The molecule has 0 saturated heterocycles. The second-order valence-electron chi connectivity index (χ2n) is 5.37. The Morgan fingerprint density at radius 3 is 2.00 bits per heavy atom. The molecule has 1 aromatic rings. The topological polar surface area (TPSA) is 20.3 Å². The van der Waals surface area contributed by atoms with Gasteiger partial charge < -0.3 is 4.79 Å². The summed E-state index contributed by atoms with van der Waals surface area (Å²) in [4.78, 5) is 13.7. The second-order valence-corrected chi connectivity index (χ2v) is 5.37. The van der Waals surface area contributed by atoms with E-state index in [4.69, 9.17) is 0 Å². The lowest BCUT2D eigenvalue weighted by molar-refractivity contribution is -0.109. The van der Waals surface area contributed by atoms with Gasteiger partial charge in [-0.2, -0.15) is 0 Å². The fraction of sp³-hybridized carbons (Fsp3) is 0.500. The summed E-state index contributed by atoms with van der Waals surface area (Å²) in [5.41, 5.74) is 2.05. The molecule has 0 amide bonds. The number of hydrogen-bond acceptors (Lipinski definition) is 2. The Morgan fingerprint density at radius 1 is 1.11 bits per heavy atom. The van der Waals surface area contributed by atoms with Crippen LogP contribution in [0.15, 0.2) is 24.3 Å². The monoisotopic (exact) mass is 246 g/mol. The maximum atomic E-state index is 11.3. The third-order valence-electron chi connectivity index (χ3n) is 3.31. The van der Waals surface area contributed by atoms with Crippen molar-refractivity contribution < 1.29 is 4.79 Å². The van der Waals surface area contributed by atoms with Gasteiger partial charge in [-0.15, -0.1) is 0 Å². The molecule has 0 aliphatic heterocycles. The van der Waals surface area contributed by atoms with E-state index >= 15 is 0 Å². The van der Waals surface area contributed by atoms with Gasteiger partial charge in [-0.25, -0.2) is 0 Å². The van der Waals surface area contributed by atoms with E-state index in [0.29, 0.717) is 12.1 Å². The highest BCUT2D eigenvalue weighted by Gasteiger charge is 2.19. The van der Waals surface area contributed by atoms with Gasteiger partial charge in [0.2, 0.25) is 0 Å². The zero-order valence-corrected chi connectivity index (χ0v) is 11.9. The van der Waals surface area contributed by atoms with Crippen LogP contribution in [0.5, 0.6) is 0 Å². The van der Waals surface area contributed by atoms with Gasteiger partial charge in [0.1, 0.15) is 6.29 Å². The van der Waals surface area contributed by atoms with E-state index in [0.717, 1.165) is 24.0 Å². The average molecular weight is 246 g/mol. The van der Waals surface area contributed by atoms with Gasteiger partial charge in [0, 0.05) is 18.6 Å². The van der Waals surface area contributed by atoms with Crippen LogP contribution < -0.4 is 0 Å². The van der Waals surface area contributed by atoms with Gasteiger partial charge >= 0.3 is 0 Å². The van der Waals surface area contributed by atoms with E-state index in [1.165, 1.54) is 0 Å². The molecule has 2 heteroatoms. The molecule has 0 saturated carbocycles. The van der Waals surface area contributed by atoms with E-state index in [1.807, 2.05) is 24.3 Å². The Morgan fingerprint density at radius 2 is 1.61 bits per heavy atom. The molecule has 0 aliphatic rings. The van der Waals surface area contributed by atoms with Crippen LogP contribution in [0.3, 0.4) is 0 Å². The van der Waals surface area contributed by atoms with Gasteiger partial charge in [-0.05, 0) is 45.7 Å². The minimum Gasteiger partial charge on any atom is -0.303 e. The van der Waals surface area contributed by atoms with Crippen molar-refractivity contribution in [3.05, 3.63) is 42.3 Å². The van der Waals surface area contributed by atoms with Gasteiger partial charge in [-0.3, -0.25) is 4.90 Å². The van der Waals surface area contributed by atoms with Crippen molar-refractivity contribution in [3.8, 4) is 0 Å². The summed E-state index contributed by atoms with van der Waals surface area (Å²) in [5, 5.41) is 0. The summed E-state index contributed by atoms with van der Waals surface area (Å²) < 4.78 is 0. The Balaban J connectivity index is 2.83. The van der Waals surface area contributed by atoms with Crippen molar-refractivity contribution in [1.29, 1.82) is 0 Å². The lowest BCUT2D eigenvalue weighted by Gasteiger charge is -2.32. The predicted octanol–water partition coefficient (Wildman–Crippen LogP) is 3.27. The fourth-order valence-electron chi connectivity index (χ4n) is 2.24. The molecule has 1 aromatic carbocycles. The number of carbonyl (C=O) groups excluding carboxylic acids is 1. The summed E-state index contributed by atoms with van der Waals surface area (Å²) in [6.07, 6.45) is 1.05. The fourth-order valence-corrected chi connectivity index (χ4v) is 2.24. The standard InChI is InChI=1S/C16H24NO/c1-12(2)17(13(3)4)10-16(11-18)15-8-6-14(5)7-9-15/h6-9,11-13,16H,5,10H2,1-4H3. The molecular formula is C16H24NO. The first-order valence-corrected chi connectivity index (χ1v) is 6.58. The van der Waals surface area contributed by atoms with E-state index in [9.17, 15) is 4.79 Å². The van der Waals surface area contributed by atoms with Crippen LogP contribution >= 0.6 is 0 Å². The van der Waals surface area contributed by atoms with Crippen LogP contribution in [0.1, 0.15) is 44.7 Å². The Kier molecular flexibility index (Phi) is 5.54. The van der Waals surface area contributed by atoms with E-state index in [1.54, 1.807) is 0 Å². The van der Waals surface area contributed by atoms with E-state index < -0.39 is 0 Å². The molecule has 0 fully saturated rings. The minimum atomic E-state index is -0.0598. The van der Waals surface area contributed by atoms with Crippen molar-refractivity contribution in [1.82, 2.24) is 4.90 Å². The summed E-state index contributed by atoms with van der Waals surface area (Å²) in [7, 11) is 0. The second kappa shape index (κ2) is 6.69. The third kappa shape index (κ3) is 3.95. The Bertz CT molecular complexity index is 359. The first-order chi connectivity index (χ1) is 8.45. The number of rotatable bonds is 6. The molecule has 99 valence electrons. The molecule has 1 unspecified atom stereocenters. The SMILES string of the molecule is [CH2]c1ccc(C(C=O)CN(C(C)C)C(C)C)cc1. The first-order valence-electron chi connectivity index (χ1n) is 6.58. The number of benzene rings is 1. The van der Waals surface area contributed by atoms with Crippen LogP contribution in [0.25, 0.3) is 0 Å². The predicted molar refractivity (Wildman–Crippen MR) is 76.7 cm³/mol. The van der Waals surface area contributed by atoms with Crippen LogP contribution in [-0.4, -0.2) is 29.8 Å². The lowest BCUT2D eigenvalue weighted by atomic mass is 9.98. The minimum absolute atomic E-state index is 0.0598. The molecule has 0 heterocycles. The van der Waals surface area contributed by atoms with Crippen LogP contribution in [-0.2, 0) is 4.79 Å². The summed E-state index contributed by atoms with van der Waals surface area (Å²) in [6, 6.07) is 8.81. The van der Waals surface area contributed by atoms with Crippen molar-refractivity contribution in [3.63, 3.8) is 0 Å². The normalized spacial score (nSPS) is 13.3. The van der Waals surface area contributed by atoms with Gasteiger partial charge in [-0.1, -0.05) is 24.3 Å². The number of aldehydes is 1. The van der Waals surface area contributed by atoms with Crippen molar-refractivity contribution >= 4 is 6.29 Å². The summed E-state index contributed by atoms with van der Waals surface area (Å²) in [5.74, 6) is -0.0598. The van der Waals surface area contributed by atoms with E-state index in [2.05, 4.69) is 39.5 Å². The van der Waals surface area contributed by atoms with Crippen molar-refractivity contribution in [2.75, 3.05) is 6.54 Å². The molecule has 0 bridgehead atoms. The molecule has 1 atom stereocenters.